The lowest BCUT2D eigenvalue weighted by Crippen LogP contribution is -1.88. The van der Waals surface area contributed by atoms with Gasteiger partial charge in [-0.3, -0.25) is 0 Å². The molecular formula is C26H22O2. The van der Waals surface area contributed by atoms with Gasteiger partial charge in [-0.1, -0.05) is 60.7 Å². The molecule has 0 spiro atoms. The third-order valence-electron chi connectivity index (χ3n) is 4.68. The van der Waals surface area contributed by atoms with Gasteiger partial charge in [0, 0.05) is 0 Å². The molecule has 0 saturated heterocycles. The highest BCUT2D eigenvalue weighted by molar-refractivity contribution is 5.65. The number of hydrogen-bond acceptors (Lipinski definition) is 2. The zero-order valence-corrected chi connectivity index (χ0v) is 16.1. The molecule has 0 atom stereocenters. The quantitative estimate of drug-likeness (QED) is 0.363. The van der Waals surface area contributed by atoms with Gasteiger partial charge in [0.15, 0.2) is 0 Å². The molecule has 0 aliphatic rings. The zero-order valence-electron chi connectivity index (χ0n) is 16.1. The van der Waals surface area contributed by atoms with Gasteiger partial charge in [0.25, 0.3) is 0 Å². The molecule has 4 aromatic carbocycles. The third kappa shape index (κ3) is 4.07. The van der Waals surface area contributed by atoms with Crippen LogP contribution >= 0.6 is 0 Å². The summed E-state index contributed by atoms with van der Waals surface area (Å²) in [4.78, 5) is 0. The minimum Gasteiger partial charge on any atom is -0.457 e. The molecule has 0 bridgehead atoms. The summed E-state index contributed by atoms with van der Waals surface area (Å²) >= 11 is 0. The molecule has 4 rings (SSSR count). The maximum absolute atomic E-state index is 5.98. The summed E-state index contributed by atoms with van der Waals surface area (Å²) in [5.41, 5.74) is 4.52. The fourth-order valence-electron chi connectivity index (χ4n) is 3.03. The van der Waals surface area contributed by atoms with E-state index in [0.717, 1.165) is 45.3 Å². The van der Waals surface area contributed by atoms with Crippen LogP contribution in [0.2, 0.25) is 0 Å². The van der Waals surface area contributed by atoms with E-state index in [1.54, 1.807) is 0 Å². The van der Waals surface area contributed by atoms with Gasteiger partial charge < -0.3 is 9.47 Å². The first-order valence-corrected chi connectivity index (χ1v) is 9.36. The van der Waals surface area contributed by atoms with Crippen molar-refractivity contribution >= 4 is 0 Å². The molecule has 28 heavy (non-hydrogen) atoms. The van der Waals surface area contributed by atoms with Crippen molar-refractivity contribution in [1.82, 2.24) is 0 Å². The molecule has 0 heterocycles. The Morgan fingerprint density at radius 3 is 1.14 bits per heavy atom. The van der Waals surface area contributed by atoms with Crippen LogP contribution in [-0.4, -0.2) is 0 Å². The summed E-state index contributed by atoms with van der Waals surface area (Å²) in [6, 6.07) is 32.3. The maximum Gasteiger partial charge on any atom is 0.130 e. The van der Waals surface area contributed by atoms with Crippen molar-refractivity contribution in [3.8, 4) is 34.1 Å². The summed E-state index contributed by atoms with van der Waals surface area (Å²) in [5, 5.41) is 0. The largest absolute Gasteiger partial charge is 0.457 e. The van der Waals surface area contributed by atoms with Gasteiger partial charge in [0.2, 0.25) is 0 Å². The van der Waals surface area contributed by atoms with Gasteiger partial charge in [-0.2, -0.15) is 0 Å². The first-order chi connectivity index (χ1) is 13.7. The topological polar surface area (TPSA) is 18.5 Å². The third-order valence-corrected chi connectivity index (χ3v) is 4.68. The van der Waals surface area contributed by atoms with Gasteiger partial charge in [-0.15, -0.1) is 0 Å². The lowest BCUT2D eigenvalue weighted by Gasteiger charge is -2.10. The Kier molecular flexibility index (Phi) is 5.11. The molecule has 2 nitrogen and oxygen atoms in total. The minimum atomic E-state index is 0.831. The van der Waals surface area contributed by atoms with Crippen molar-refractivity contribution < 1.29 is 9.47 Å². The van der Waals surface area contributed by atoms with Crippen molar-refractivity contribution in [1.29, 1.82) is 0 Å². The Balaban J connectivity index is 1.47. The van der Waals surface area contributed by atoms with Crippen molar-refractivity contribution in [2.75, 3.05) is 0 Å². The zero-order chi connectivity index (χ0) is 19.3. The average Bonchev–Trinajstić information content (AvgIpc) is 2.73. The van der Waals surface area contributed by atoms with Crippen LogP contribution in [0.4, 0.5) is 0 Å². The molecule has 0 radical (unpaired) electrons. The number of hydrogen-bond donors (Lipinski definition) is 0. The van der Waals surface area contributed by atoms with Crippen molar-refractivity contribution in [2.24, 2.45) is 0 Å². The minimum absolute atomic E-state index is 0.831. The second-order valence-electron chi connectivity index (χ2n) is 6.78. The van der Waals surface area contributed by atoms with Crippen LogP contribution in [0.15, 0.2) is 97.1 Å². The van der Waals surface area contributed by atoms with E-state index in [4.69, 9.17) is 9.47 Å². The molecule has 0 amide bonds. The van der Waals surface area contributed by atoms with Gasteiger partial charge >= 0.3 is 0 Å². The second kappa shape index (κ2) is 8.01. The predicted octanol–water partition coefficient (Wildman–Crippen LogP) is 7.56. The van der Waals surface area contributed by atoms with E-state index in [1.807, 2.05) is 86.6 Å². The Morgan fingerprint density at radius 2 is 0.786 bits per heavy atom. The molecule has 2 heteroatoms. The number of ether oxygens (including phenoxy) is 2. The van der Waals surface area contributed by atoms with E-state index in [0.29, 0.717) is 0 Å². The van der Waals surface area contributed by atoms with Gasteiger partial charge in [-0.05, 0) is 72.5 Å². The normalized spacial score (nSPS) is 10.5. The molecular weight excluding hydrogens is 344 g/mol. The highest BCUT2D eigenvalue weighted by atomic mass is 16.5. The van der Waals surface area contributed by atoms with Crippen LogP contribution in [0.25, 0.3) is 11.1 Å². The first-order valence-electron chi connectivity index (χ1n) is 9.36. The predicted molar refractivity (Wildman–Crippen MR) is 114 cm³/mol. The molecule has 0 N–H and O–H groups in total. The summed E-state index contributed by atoms with van der Waals surface area (Å²) in [5.74, 6) is 3.43. The van der Waals surface area contributed by atoms with Crippen LogP contribution in [0.5, 0.6) is 23.0 Å². The first kappa shape index (κ1) is 17.9. The standard InChI is InChI=1S/C26H22O2/c1-19-7-3-5-9-25(19)27-23-15-11-21(12-16-23)22-13-17-24(18-14-22)28-26-10-6-4-8-20(26)2/h3-18H,1-2H3. The monoisotopic (exact) mass is 366 g/mol. The molecule has 138 valence electrons. The fourth-order valence-corrected chi connectivity index (χ4v) is 3.03. The molecule has 4 aromatic rings. The van der Waals surface area contributed by atoms with Crippen molar-refractivity contribution in [2.45, 2.75) is 13.8 Å². The SMILES string of the molecule is Cc1ccccc1Oc1ccc(-c2ccc(Oc3ccccc3C)cc2)cc1. The highest BCUT2D eigenvalue weighted by Gasteiger charge is 2.04. The summed E-state index contributed by atoms with van der Waals surface area (Å²) in [6.45, 7) is 4.09. The summed E-state index contributed by atoms with van der Waals surface area (Å²) < 4.78 is 12.0. The van der Waals surface area contributed by atoms with E-state index in [2.05, 4.69) is 24.3 Å². The van der Waals surface area contributed by atoms with Crippen LogP contribution in [0.3, 0.4) is 0 Å². The smallest absolute Gasteiger partial charge is 0.130 e. The molecule has 0 aromatic heterocycles. The van der Waals surface area contributed by atoms with Crippen LogP contribution in [0.1, 0.15) is 11.1 Å². The van der Waals surface area contributed by atoms with E-state index >= 15 is 0 Å². The molecule has 0 unspecified atom stereocenters. The number of para-hydroxylation sites is 2. The van der Waals surface area contributed by atoms with E-state index in [9.17, 15) is 0 Å². The number of benzene rings is 4. The van der Waals surface area contributed by atoms with E-state index in [1.165, 1.54) is 0 Å². The summed E-state index contributed by atoms with van der Waals surface area (Å²) in [7, 11) is 0. The Morgan fingerprint density at radius 1 is 0.429 bits per heavy atom. The van der Waals surface area contributed by atoms with Crippen LogP contribution in [0, 0.1) is 13.8 Å². The number of aryl methyl sites for hydroxylation is 2. The van der Waals surface area contributed by atoms with E-state index < -0.39 is 0 Å². The highest BCUT2D eigenvalue weighted by Crippen LogP contribution is 2.30. The molecule has 0 aliphatic carbocycles. The maximum atomic E-state index is 5.98. The van der Waals surface area contributed by atoms with Gasteiger partial charge in [0.05, 0.1) is 0 Å². The molecule has 0 fully saturated rings. The second-order valence-corrected chi connectivity index (χ2v) is 6.78. The Bertz CT molecular complexity index is 975. The van der Waals surface area contributed by atoms with Gasteiger partial charge in [0.1, 0.15) is 23.0 Å². The fraction of sp³-hybridized carbons (Fsp3) is 0.0769. The Hall–Kier alpha value is -3.52. The Labute approximate surface area is 166 Å². The summed E-state index contributed by atoms with van der Waals surface area (Å²) in [6.07, 6.45) is 0. The van der Waals surface area contributed by atoms with Crippen LogP contribution < -0.4 is 9.47 Å². The van der Waals surface area contributed by atoms with Crippen LogP contribution in [-0.2, 0) is 0 Å². The van der Waals surface area contributed by atoms with Crippen molar-refractivity contribution in [3.63, 3.8) is 0 Å². The van der Waals surface area contributed by atoms with Gasteiger partial charge in [-0.25, -0.2) is 0 Å². The molecule has 0 aliphatic heterocycles. The average molecular weight is 366 g/mol. The number of rotatable bonds is 5. The lowest BCUT2D eigenvalue weighted by molar-refractivity contribution is 0.478. The lowest BCUT2D eigenvalue weighted by atomic mass is 10.1. The van der Waals surface area contributed by atoms with Crippen molar-refractivity contribution in [3.05, 3.63) is 108 Å². The van der Waals surface area contributed by atoms with E-state index in [-0.39, 0.29) is 0 Å². The molecule has 0 saturated carbocycles.